The van der Waals surface area contributed by atoms with E-state index in [-0.39, 0.29) is 16.7 Å². The zero-order valence-corrected chi connectivity index (χ0v) is 25.4. The quantitative estimate of drug-likeness (QED) is 0.280. The van der Waals surface area contributed by atoms with Crippen molar-refractivity contribution in [2.75, 3.05) is 31.1 Å². The maximum atomic E-state index is 13.0. The van der Waals surface area contributed by atoms with Gasteiger partial charge in [0.15, 0.2) is 5.78 Å². The second-order valence-corrected chi connectivity index (χ2v) is 13.7. The number of nitrogens with zero attached hydrogens (tertiary/aromatic N) is 7. The number of piperazine rings is 1. The summed E-state index contributed by atoms with van der Waals surface area (Å²) in [5, 5.41) is 8.86. The first-order valence-corrected chi connectivity index (χ1v) is 14.7. The molecule has 1 fully saturated rings. The number of thiophene rings is 1. The molecule has 9 heteroatoms. The SMILES string of the molecule is Cc1ncc(CC(=O)c2ccc(C(C)(C)C)s2)cc1-n1cc(-c2cncc(N3CCN(C(C)(C)C)CC3)c2)nn1. The molecule has 8 nitrogen and oxygen atoms in total. The average molecular weight is 558 g/mol. The van der Waals surface area contributed by atoms with E-state index in [9.17, 15) is 4.79 Å². The van der Waals surface area contributed by atoms with E-state index in [4.69, 9.17) is 0 Å². The number of anilines is 1. The van der Waals surface area contributed by atoms with Crippen LogP contribution in [0.25, 0.3) is 16.9 Å². The molecular formula is C31H39N7OS. The van der Waals surface area contributed by atoms with Crippen LogP contribution in [0, 0.1) is 6.92 Å². The first-order chi connectivity index (χ1) is 18.9. The topological polar surface area (TPSA) is 80.0 Å². The van der Waals surface area contributed by atoms with Crippen molar-refractivity contribution in [3.05, 3.63) is 70.1 Å². The number of carbonyl (C=O) groups is 1. The Morgan fingerprint density at radius 1 is 0.975 bits per heavy atom. The van der Waals surface area contributed by atoms with Gasteiger partial charge in [-0.1, -0.05) is 26.0 Å². The van der Waals surface area contributed by atoms with Crippen LogP contribution < -0.4 is 4.90 Å². The molecule has 0 amide bonds. The molecule has 0 radical (unpaired) electrons. The molecule has 0 atom stereocenters. The molecule has 4 aromatic rings. The fourth-order valence-corrected chi connectivity index (χ4v) is 5.95. The number of pyridine rings is 2. The summed E-state index contributed by atoms with van der Waals surface area (Å²) < 4.78 is 1.74. The van der Waals surface area contributed by atoms with Gasteiger partial charge < -0.3 is 4.90 Å². The Bertz CT molecular complexity index is 1500. The summed E-state index contributed by atoms with van der Waals surface area (Å²) in [5.41, 5.74) is 5.47. The Labute approximate surface area is 241 Å². The van der Waals surface area contributed by atoms with Gasteiger partial charge in [0, 0.05) is 61.0 Å². The van der Waals surface area contributed by atoms with E-state index >= 15 is 0 Å². The summed E-state index contributed by atoms with van der Waals surface area (Å²) in [6, 6.07) is 8.12. The second kappa shape index (κ2) is 10.9. The van der Waals surface area contributed by atoms with Gasteiger partial charge in [0.2, 0.25) is 0 Å². The molecule has 0 aromatic carbocycles. The Hall–Kier alpha value is -3.43. The van der Waals surface area contributed by atoms with Crippen LogP contribution in [-0.2, 0) is 11.8 Å². The molecule has 5 rings (SSSR count). The number of aromatic nitrogens is 5. The summed E-state index contributed by atoms with van der Waals surface area (Å²) in [7, 11) is 0. The van der Waals surface area contributed by atoms with E-state index in [1.54, 1.807) is 22.2 Å². The normalized spacial score (nSPS) is 15.0. The maximum absolute atomic E-state index is 13.0. The highest BCUT2D eigenvalue weighted by molar-refractivity contribution is 7.14. The second-order valence-electron chi connectivity index (χ2n) is 12.6. The zero-order valence-electron chi connectivity index (χ0n) is 24.6. The predicted octanol–water partition coefficient (Wildman–Crippen LogP) is 5.74. The van der Waals surface area contributed by atoms with Crippen molar-refractivity contribution in [1.29, 1.82) is 0 Å². The van der Waals surface area contributed by atoms with Crippen LogP contribution in [0.2, 0.25) is 0 Å². The minimum Gasteiger partial charge on any atom is -0.368 e. The Morgan fingerprint density at radius 2 is 1.73 bits per heavy atom. The molecule has 1 aliphatic rings. The number of carbonyl (C=O) groups excluding carboxylic acids is 1. The number of Topliss-reactive ketones (excluding diaryl/α,β-unsaturated/α-hetero) is 1. The highest BCUT2D eigenvalue weighted by Gasteiger charge is 2.26. The Morgan fingerprint density at radius 3 is 2.40 bits per heavy atom. The smallest absolute Gasteiger partial charge is 0.177 e. The van der Waals surface area contributed by atoms with Gasteiger partial charge in [0.1, 0.15) is 5.69 Å². The largest absolute Gasteiger partial charge is 0.368 e. The van der Waals surface area contributed by atoms with Gasteiger partial charge in [-0.2, -0.15) is 0 Å². The molecular weight excluding hydrogens is 518 g/mol. The van der Waals surface area contributed by atoms with Gasteiger partial charge in [-0.15, -0.1) is 16.4 Å². The standard InChI is InChI=1S/C31H39N7OS/c1-21-26(14-22(17-33-21)15-27(39)28-8-9-29(40-28)30(2,3)4)38-20-25(34-35-38)23-16-24(19-32-18-23)36-10-12-37(13-11-36)31(5,6)7/h8-9,14,16-20H,10-13,15H2,1-7H3. The summed E-state index contributed by atoms with van der Waals surface area (Å²) in [4.78, 5) is 29.0. The summed E-state index contributed by atoms with van der Waals surface area (Å²) in [6.07, 6.45) is 7.73. The molecule has 210 valence electrons. The molecule has 1 aliphatic heterocycles. The van der Waals surface area contributed by atoms with Gasteiger partial charge in [0.05, 0.1) is 34.3 Å². The number of aryl methyl sites for hydroxylation is 1. The van der Waals surface area contributed by atoms with E-state index in [0.717, 1.165) is 64.9 Å². The van der Waals surface area contributed by atoms with E-state index < -0.39 is 0 Å². The third-order valence-corrected chi connectivity index (χ3v) is 9.01. The lowest BCUT2D eigenvalue weighted by Crippen LogP contribution is -2.53. The molecule has 40 heavy (non-hydrogen) atoms. The highest BCUT2D eigenvalue weighted by Crippen LogP contribution is 2.30. The molecule has 0 saturated carbocycles. The van der Waals surface area contributed by atoms with Gasteiger partial charge in [-0.05, 0) is 62.9 Å². The molecule has 0 bridgehead atoms. The number of hydrogen-bond donors (Lipinski definition) is 0. The number of ketones is 1. The lowest BCUT2D eigenvalue weighted by atomic mass is 9.95. The van der Waals surface area contributed by atoms with Crippen molar-refractivity contribution in [2.45, 2.75) is 65.8 Å². The van der Waals surface area contributed by atoms with Crippen LogP contribution in [-0.4, -0.2) is 67.4 Å². The van der Waals surface area contributed by atoms with Crippen molar-refractivity contribution in [3.63, 3.8) is 0 Å². The Balaban J connectivity index is 1.31. The molecule has 1 saturated heterocycles. The lowest BCUT2D eigenvalue weighted by Gasteiger charge is -2.43. The molecule has 0 unspecified atom stereocenters. The van der Waals surface area contributed by atoms with Crippen molar-refractivity contribution < 1.29 is 4.79 Å². The molecule has 5 heterocycles. The molecule has 4 aromatic heterocycles. The minimum absolute atomic E-state index is 0.0306. The Kier molecular flexibility index (Phi) is 7.63. The zero-order chi connectivity index (χ0) is 28.7. The first kappa shape index (κ1) is 28.1. The van der Waals surface area contributed by atoms with E-state index in [1.165, 1.54) is 4.88 Å². The van der Waals surface area contributed by atoms with Gasteiger partial charge >= 0.3 is 0 Å². The van der Waals surface area contributed by atoms with Crippen molar-refractivity contribution in [3.8, 4) is 16.9 Å². The van der Waals surface area contributed by atoms with Gasteiger partial charge in [-0.3, -0.25) is 19.7 Å². The minimum atomic E-state index is 0.0306. The van der Waals surface area contributed by atoms with Crippen LogP contribution >= 0.6 is 11.3 Å². The average Bonchev–Trinajstić information content (AvgIpc) is 3.60. The lowest BCUT2D eigenvalue weighted by molar-refractivity contribution is 0.0996. The van der Waals surface area contributed by atoms with Gasteiger partial charge in [0.25, 0.3) is 0 Å². The van der Waals surface area contributed by atoms with Crippen LogP contribution in [0.1, 0.15) is 67.3 Å². The van der Waals surface area contributed by atoms with Crippen LogP contribution in [0.5, 0.6) is 0 Å². The van der Waals surface area contributed by atoms with Crippen molar-refractivity contribution in [1.82, 2.24) is 29.9 Å². The van der Waals surface area contributed by atoms with Crippen LogP contribution in [0.3, 0.4) is 0 Å². The van der Waals surface area contributed by atoms with E-state index in [2.05, 4.69) is 83.8 Å². The molecule has 0 spiro atoms. The third-order valence-electron chi connectivity index (χ3n) is 7.45. The number of hydrogen-bond acceptors (Lipinski definition) is 8. The fourth-order valence-electron chi connectivity index (χ4n) is 4.95. The monoisotopic (exact) mass is 557 g/mol. The highest BCUT2D eigenvalue weighted by atomic mass is 32.1. The van der Waals surface area contributed by atoms with E-state index in [1.807, 2.05) is 37.6 Å². The third kappa shape index (κ3) is 6.15. The summed E-state index contributed by atoms with van der Waals surface area (Å²) in [6.45, 7) is 19.2. The maximum Gasteiger partial charge on any atom is 0.177 e. The summed E-state index contributed by atoms with van der Waals surface area (Å²) >= 11 is 1.57. The fraction of sp³-hybridized carbons (Fsp3) is 0.452. The predicted molar refractivity (Wildman–Crippen MR) is 162 cm³/mol. The van der Waals surface area contributed by atoms with E-state index in [0.29, 0.717) is 6.42 Å². The summed E-state index contributed by atoms with van der Waals surface area (Å²) in [5.74, 6) is 0.0996. The van der Waals surface area contributed by atoms with Crippen molar-refractivity contribution in [2.24, 2.45) is 0 Å². The van der Waals surface area contributed by atoms with Crippen LogP contribution in [0.4, 0.5) is 5.69 Å². The number of rotatable bonds is 6. The molecule has 0 N–H and O–H groups in total. The van der Waals surface area contributed by atoms with Gasteiger partial charge in [-0.25, -0.2) is 4.68 Å². The van der Waals surface area contributed by atoms with Crippen molar-refractivity contribution >= 4 is 22.8 Å². The first-order valence-electron chi connectivity index (χ1n) is 13.9. The van der Waals surface area contributed by atoms with Crippen LogP contribution in [0.15, 0.2) is 49.1 Å². The molecule has 0 aliphatic carbocycles.